The van der Waals surface area contributed by atoms with Gasteiger partial charge in [0.1, 0.15) is 0 Å². The van der Waals surface area contributed by atoms with E-state index >= 15 is 0 Å². The van der Waals surface area contributed by atoms with Gasteiger partial charge in [-0.3, -0.25) is 4.90 Å². The minimum absolute atomic E-state index is 0.675. The van der Waals surface area contributed by atoms with Gasteiger partial charge in [-0.1, -0.05) is 50.8 Å². The molecule has 0 N–H and O–H groups in total. The third-order valence-corrected chi connectivity index (χ3v) is 2.65. The fourth-order valence-corrected chi connectivity index (χ4v) is 1.45. The molecule has 1 rings (SSSR count). The Labute approximate surface area is 98.5 Å². The number of rotatable bonds is 7. The molecule has 0 bridgehead atoms. The lowest BCUT2D eigenvalue weighted by Gasteiger charge is -2.17. The smallest absolute Gasteiger partial charge is 0.0994 e. The molecule has 0 unspecified atom stereocenters. The molecule has 2 nitrogen and oxygen atoms in total. The monoisotopic (exact) mass is 219 g/mol. The van der Waals surface area contributed by atoms with E-state index in [9.17, 15) is 0 Å². The van der Waals surface area contributed by atoms with Crippen LogP contribution in [0.1, 0.15) is 25.0 Å². The number of hydrogen-bond donors (Lipinski definition) is 0. The first-order valence-electron chi connectivity index (χ1n) is 5.81. The molecule has 0 aliphatic rings. The average Bonchev–Trinajstić information content (AvgIpc) is 2.35. The van der Waals surface area contributed by atoms with Crippen molar-refractivity contribution < 1.29 is 4.74 Å². The van der Waals surface area contributed by atoms with Crippen molar-refractivity contribution in [2.45, 2.75) is 20.5 Å². The maximum absolute atomic E-state index is 5.64. The molecule has 0 aliphatic carbocycles. The standard InChI is InChI=1S/C14H21NO/c1-4-13-7-9-14(10-8-13)11-16-12-15(5-2)6-3/h4,7-10H,1,5-6,11-12H2,2-3H3. The SMILES string of the molecule is C=Cc1ccc(COCN(CC)CC)cc1. The molecule has 1 aromatic carbocycles. The Hall–Kier alpha value is -1.12. The second-order valence-electron chi connectivity index (χ2n) is 3.73. The van der Waals surface area contributed by atoms with Gasteiger partial charge >= 0.3 is 0 Å². The summed E-state index contributed by atoms with van der Waals surface area (Å²) in [5.74, 6) is 0. The lowest BCUT2D eigenvalue weighted by Crippen LogP contribution is -2.25. The van der Waals surface area contributed by atoms with E-state index in [1.807, 2.05) is 6.08 Å². The van der Waals surface area contributed by atoms with Crippen molar-refractivity contribution >= 4 is 6.08 Å². The van der Waals surface area contributed by atoms with Gasteiger partial charge in [0.05, 0.1) is 13.3 Å². The summed E-state index contributed by atoms with van der Waals surface area (Å²) in [5, 5.41) is 0. The maximum atomic E-state index is 5.64. The number of benzene rings is 1. The van der Waals surface area contributed by atoms with E-state index in [-0.39, 0.29) is 0 Å². The van der Waals surface area contributed by atoms with Crippen LogP contribution in [0.3, 0.4) is 0 Å². The van der Waals surface area contributed by atoms with Gasteiger partial charge < -0.3 is 4.74 Å². The first-order chi connectivity index (χ1) is 7.80. The Morgan fingerprint density at radius 1 is 1.19 bits per heavy atom. The van der Waals surface area contributed by atoms with Crippen molar-refractivity contribution in [3.63, 3.8) is 0 Å². The molecule has 0 amide bonds. The van der Waals surface area contributed by atoms with Gasteiger partial charge in [0.25, 0.3) is 0 Å². The molecular formula is C14H21NO. The molecule has 0 aromatic heterocycles. The van der Waals surface area contributed by atoms with Crippen molar-refractivity contribution in [2.75, 3.05) is 19.8 Å². The van der Waals surface area contributed by atoms with Crippen molar-refractivity contribution in [1.29, 1.82) is 0 Å². The highest BCUT2D eigenvalue weighted by molar-refractivity contribution is 5.47. The van der Waals surface area contributed by atoms with Gasteiger partial charge in [0, 0.05) is 0 Å². The number of hydrogen-bond acceptors (Lipinski definition) is 2. The van der Waals surface area contributed by atoms with Crippen molar-refractivity contribution in [3.05, 3.63) is 42.0 Å². The Bertz CT molecular complexity index is 301. The zero-order valence-electron chi connectivity index (χ0n) is 10.3. The van der Waals surface area contributed by atoms with Crippen LogP contribution in [-0.2, 0) is 11.3 Å². The second kappa shape index (κ2) is 7.20. The lowest BCUT2D eigenvalue weighted by molar-refractivity contribution is 0.0241. The molecule has 0 spiro atoms. The summed E-state index contributed by atoms with van der Waals surface area (Å²) in [5.41, 5.74) is 2.35. The molecule has 2 heteroatoms. The van der Waals surface area contributed by atoms with Crippen LogP contribution >= 0.6 is 0 Å². The van der Waals surface area contributed by atoms with Gasteiger partial charge in [-0.25, -0.2) is 0 Å². The average molecular weight is 219 g/mol. The largest absolute Gasteiger partial charge is 0.361 e. The van der Waals surface area contributed by atoms with E-state index in [1.165, 1.54) is 5.56 Å². The molecule has 0 aliphatic heterocycles. The van der Waals surface area contributed by atoms with Crippen molar-refractivity contribution in [2.24, 2.45) is 0 Å². The lowest BCUT2D eigenvalue weighted by atomic mass is 10.1. The van der Waals surface area contributed by atoms with E-state index < -0.39 is 0 Å². The zero-order chi connectivity index (χ0) is 11.8. The minimum atomic E-state index is 0.675. The molecule has 1 aromatic rings. The summed E-state index contributed by atoms with van der Waals surface area (Å²) < 4.78 is 5.64. The molecule has 0 heterocycles. The van der Waals surface area contributed by atoms with Gasteiger partial charge in [-0.05, 0) is 24.2 Å². The topological polar surface area (TPSA) is 12.5 Å². The van der Waals surface area contributed by atoms with Crippen LogP contribution in [0.25, 0.3) is 6.08 Å². The van der Waals surface area contributed by atoms with Crippen molar-refractivity contribution in [3.8, 4) is 0 Å². The van der Waals surface area contributed by atoms with Gasteiger partial charge in [0.15, 0.2) is 0 Å². The van der Waals surface area contributed by atoms with E-state index in [4.69, 9.17) is 4.74 Å². The summed E-state index contributed by atoms with van der Waals surface area (Å²) in [6, 6.07) is 8.28. The third kappa shape index (κ3) is 4.17. The molecule has 16 heavy (non-hydrogen) atoms. The number of nitrogens with zero attached hydrogens (tertiary/aromatic N) is 1. The predicted molar refractivity (Wildman–Crippen MR) is 69.1 cm³/mol. The van der Waals surface area contributed by atoms with Gasteiger partial charge in [-0.15, -0.1) is 0 Å². The third-order valence-electron chi connectivity index (χ3n) is 2.65. The van der Waals surface area contributed by atoms with Crippen molar-refractivity contribution in [1.82, 2.24) is 4.90 Å². The summed E-state index contributed by atoms with van der Waals surface area (Å²) in [6.45, 7) is 11.5. The summed E-state index contributed by atoms with van der Waals surface area (Å²) in [6.07, 6.45) is 1.85. The molecule has 88 valence electrons. The second-order valence-corrected chi connectivity index (χ2v) is 3.73. The van der Waals surface area contributed by atoms with Crippen LogP contribution in [0.15, 0.2) is 30.8 Å². The van der Waals surface area contributed by atoms with Crippen LogP contribution in [-0.4, -0.2) is 24.7 Å². The fourth-order valence-electron chi connectivity index (χ4n) is 1.45. The van der Waals surface area contributed by atoms with E-state index in [1.54, 1.807) is 0 Å². The van der Waals surface area contributed by atoms with Crippen LogP contribution in [0, 0.1) is 0 Å². The maximum Gasteiger partial charge on any atom is 0.0994 e. The van der Waals surface area contributed by atoms with Gasteiger partial charge in [0.2, 0.25) is 0 Å². The highest BCUT2D eigenvalue weighted by Crippen LogP contribution is 2.06. The fraction of sp³-hybridized carbons (Fsp3) is 0.429. The Morgan fingerprint density at radius 2 is 1.81 bits per heavy atom. The normalized spacial score (nSPS) is 10.7. The molecule has 0 saturated carbocycles. The van der Waals surface area contributed by atoms with E-state index in [2.05, 4.69) is 49.6 Å². The Kier molecular flexibility index (Phi) is 5.83. The Balaban J connectivity index is 2.34. The highest BCUT2D eigenvalue weighted by Gasteiger charge is 1.98. The zero-order valence-corrected chi connectivity index (χ0v) is 10.3. The first-order valence-corrected chi connectivity index (χ1v) is 5.81. The minimum Gasteiger partial charge on any atom is -0.361 e. The predicted octanol–water partition coefficient (Wildman–Crippen LogP) is 3.15. The summed E-state index contributed by atoms with van der Waals surface area (Å²) in [7, 11) is 0. The Morgan fingerprint density at radius 3 is 2.31 bits per heavy atom. The number of ether oxygens (including phenoxy) is 1. The van der Waals surface area contributed by atoms with E-state index in [0.717, 1.165) is 18.7 Å². The molecular weight excluding hydrogens is 198 g/mol. The van der Waals surface area contributed by atoms with Crippen LogP contribution in [0.2, 0.25) is 0 Å². The quantitative estimate of drug-likeness (QED) is 0.653. The van der Waals surface area contributed by atoms with Crippen LogP contribution in [0.4, 0.5) is 0 Å². The first kappa shape index (κ1) is 12.9. The summed E-state index contributed by atoms with van der Waals surface area (Å²) >= 11 is 0. The molecule has 0 fully saturated rings. The van der Waals surface area contributed by atoms with Crippen LogP contribution < -0.4 is 0 Å². The summed E-state index contributed by atoms with van der Waals surface area (Å²) in [4.78, 5) is 2.25. The van der Waals surface area contributed by atoms with Gasteiger partial charge in [-0.2, -0.15) is 0 Å². The highest BCUT2D eigenvalue weighted by atomic mass is 16.5. The molecule has 0 saturated heterocycles. The van der Waals surface area contributed by atoms with Crippen LogP contribution in [0.5, 0.6) is 0 Å². The van der Waals surface area contributed by atoms with E-state index in [0.29, 0.717) is 13.3 Å². The molecule has 0 radical (unpaired) electrons. The molecule has 0 atom stereocenters.